The van der Waals surface area contributed by atoms with Crippen molar-refractivity contribution in [3.8, 4) is 78.9 Å². The van der Waals surface area contributed by atoms with Crippen LogP contribution in [0.15, 0.2) is 249 Å². The summed E-state index contributed by atoms with van der Waals surface area (Å²) in [4.78, 5) is 15.8. The van der Waals surface area contributed by atoms with Crippen molar-refractivity contribution < 1.29 is 0 Å². The molecule has 0 saturated heterocycles. The number of benzene rings is 10. The first kappa shape index (κ1) is 39.2. The van der Waals surface area contributed by atoms with Crippen LogP contribution in [0.4, 0.5) is 0 Å². The second-order valence-electron chi connectivity index (χ2n) is 17.2. The van der Waals surface area contributed by atoms with Crippen LogP contribution in [0.1, 0.15) is 0 Å². The molecule has 0 aliphatic carbocycles. The van der Waals surface area contributed by atoms with E-state index in [-0.39, 0.29) is 0 Å². The lowest BCUT2D eigenvalue weighted by molar-refractivity contribution is 1.06. The number of rotatable bonds is 8. The summed E-state index contributed by atoms with van der Waals surface area (Å²) in [6.45, 7) is 0. The summed E-state index contributed by atoms with van der Waals surface area (Å²) in [6.07, 6.45) is 0. The Hall–Kier alpha value is -9.19. The van der Waals surface area contributed by atoms with Crippen LogP contribution >= 0.6 is 0 Å². The van der Waals surface area contributed by atoms with E-state index in [2.05, 4.69) is 234 Å². The normalized spacial score (nSPS) is 11.5. The predicted molar refractivity (Wildman–Crippen MR) is 281 cm³/mol. The third kappa shape index (κ3) is 6.76. The highest BCUT2D eigenvalue weighted by Crippen LogP contribution is 2.41. The summed E-state index contributed by atoms with van der Waals surface area (Å²) < 4.78 is 4.84. The first-order valence-corrected chi connectivity index (χ1v) is 23.0. The van der Waals surface area contributed by atoms with Gasteiger partial charge in [0.2, 0.25) is 0 Å². The number of nitrogens with zero attached hydrogens (tertiary/aromatic N) is 5. The van der Waals surface area contributed by atoms with Crippen LogP contribution in [0.5, 0.6) is 0 Å². The molecule has 5 nitrogen and oxygen atoms in total. The Bertz CT molecular complexity index is 4010. The number of hydrogen-bond acceptors (Lipinski definition) is 3. The minimum atomic E-state index is 0.593. The Balaban J connectivity index is 1.07. The maximum atomic E-state index is 5.35. The molecule has 0 spiro atoms. The lowest BCUT2D eigenvalue weighted by atomic mass is 10.0. The monoisotopic (exact) mass is 867 g/mol. The Labute approximate surface area is 393 Å². The van der Waals surface area contributed by atoms with Gasteiger partial charge in [-0.05, 0) is 81.9 Å². The van der Waals surface area contributed by atoms with Crippen LogP contribution < -0.4 is 0 Å². The van der Waals surface area contributed by atoms with Crippen LogP contribution in [0, 0.1) is 0 Å². The van der Waals surface area contributed by atoms with Gasteiger partial charge in [0.05, 0.1) is 27.8 Å². The molecule has 13 aromatic rings. The number of para-hydroxylation sites is 2. The zero-order valence-electron chi connectivity index (χ0n) is 36.9. The Kier molecular flexibility index (Phi) is 9.43. The van der Waals surface area contributed by atoms with Gasteiger partial charge < -0.3 is 9.13 Å². The first-order chi connectivity index (χ1) is 33.7. The molecule has 0 saturated carbocycles. The van der Waals surface area contributed by atoms with Crippen molar-refractivity contribution in [3.05, 3.63) is 249 Å². The molecule has 0 amide bonds. The van der Waals surface area contributed by atoms with Gasteiger partial charge in [0.25, 0.3) is 0 Å². The fourth-order valence-corrected chi connectivity index (χ4v) is 9.94. The maximum absolute atomic E-state index is 5.35. The van der Waals surface area contributed by atoms with E-state index < -0.39 is 0 Å². The quantitative estimate of drug-likeness (QED) is 0.153. The molecule has 3 aromatic heterocycles. The van der Waals surface area contributed by atoms with Crippen LogP contribution in [-0.2, 0) is 0 Å². The molecule has 0 aliphatic heterocycles. The van der Waals surface area contributed by atoms with Crippen LogP contribution in [0.3, 0.4) is 0 Å². The smallest absolute Gasteiger partial charge is 0.166 e. The largest absolute Gasteiger partial charge is 0.309 e. The fraction of sp³-hybridized carbons (Fsp3) is 0. The summed E-state index contributed by atoms with van der Waals surface area (Å²) in [5.41, 5.74) is 16.2. The molecule has 13 rings (SSSR count). The van der Waals surface area contributed by atoms with Gasteiger partial charge in [-0.1, -0.05) is 200 Å². The minimum Gasteiger partial charge on any atom is -0.309 e. The zero-order valence-corrected chi connectivity index (χ0v) is 36.9. The molecule has 0 fully saturated rings. The van der Waals surface area contributed by atoms with Crippen molar-refractivity contribution >= 4 is 43.6 Å². The highest BCUT2D eigenvalue weighted by atomic mass is 15.1. The van der Waals surface area contributed by atoms with Crippen LogP contribution in [0.25, 0.3) is 123 Å². The van der Waals surface area contributed by atoms with E-state index in [0.29, 0.717) is 17.5 Å². The van der Waals surface area contributed by atoms with Crippen molar-refractivity contribution in [2.45, 2.75) is 0 Å². The van der Waals surface area contributed by atoms with Crippen molar-refractivity contribution in [2.75, 3.05) is 0 Å². The maximum Gasteiger partial charge on any atom is 0.166 e. The van der Waals surface area contributed by atoms with Gasteiger partial charge in [0.15, 0.2) is 17.5 Å². The second kappa shape index (κ2) is 16.4. The van der Waals surface area contributed by atoms with Crippen molar-refractivity contribution in [1.29, 1.82) is 0 Å². The molecule has 0 N–H and O–H groups in total. The van der Waals surface area contributed by atoms with E-state index in [4.69, 9.17) is 15.0 Å². The average Bonchev–Trinajstić information content (AvgIpc) is 3.93. The highest BCUT2D eigenvalue weighted by molar-refractivity contribution is 6.13. The van der Waals surface area contributed by atoms with Crippen molar-refractivity contribution in [1.82, 2.24) is 24.1 Å². The van der Waals surface area contributed by atoms with E-state index in [0.717, 1.165) is 83.2 Å². The third-order valence-electron chi connectivity index (χ3n) is 13.2. The summed E-state index contributed by atoms with van der Waals surface area (Å²) in [6, 6.07) is 88.3. The van der Waals surface area contributed by atoms with Gasteiger partial charge in [0.1, 0.15) is 0 Å². The van der Waals surface area contributed by atoms with Gasteiger partial charge in [-0.25, -0.2) is 15.0 Å². The molecular weight excluding hydrogens is 827 g/mol. The summed E-state index contributed by atoms with van der Waals surface area (Å²) >= 11 is 0. The second-order valence-corrected chi connectivity index (χ2v) is 17.2. The summed E-state index contributed by atoms with van der Waals surface area (Å²) in [7, 11) is 0. The first-order valence-electron chi connectivity index (χ1n) is 23.0. The average molecular weight is 868 g/mol. The lowest BCUT2D eigenvalue weighted by Crippen LogP contribution is -2.04. The highest BCUT2D eigenvalue weighted by Gasteiger charge is 2.22. The van der Waals surface area contributed by atoms with E-state index in [1.165, 1.54) is 21.9 Å². The van der Waals surface area contributed by atoms with Gasteiger partial charge >= 0.3 is 0 Å². The third-order valence-corrected chi connectivity index (χ3v) is 13.2. The Morgan fingerprint density at radius 1 is 0.235 bits per heavy atom. The Morgan fingerprint density at radius 2 is 0.662 bits per heavy atom. The van der Waals surface area contributed by atoms with Crippen LogP contribution in [0.2, 0.25) is 0 Å². The Morgan fingerprint density at radius 3 is 1.29 bits per heavy atom. The topological polar surface area (TPSA) is 48.5 Å². The van der Waals surface area contributed by atoms with Gasteiger partial charge in [-0.2, -0.15) is 0 Å². The number of hydrogen-bond donors (Lipinski definition) is 0. The molecule has 0 atom stereocenters. The predicted octanol–water partition coefficient (Wildman–Crippen LogP) is 16.1. The number of aromatic nitrogens is 5. The molecular formula is C63H41N5. The SMILES string of the molecule is c1ccc(-c2cccc(-c3nc(-c4ccccc4)nc(-c4ccccc4-n4c5cc(-c6ccccc6)ccc5c5ccc(-n6c7ccccc7c7ccc(-c8ccccc8)cc76)cc54)n3)c2)cc1. The molecule has 318 valence electrons. The van der Waals surface area contributed by atoms with Crippen molar-refractivity contribution in [3.63, 3.8) is 0 Å². The van der Waals surface area contributed by atoms with E-state index >= 15 is 0 Å². The van der Waals surface area contributed by atoms with Gasteiger partial charge in [0, 0.05) is 43.9 Å². The minimum absolute atomic E-state index is 0.593. The number of fused-ring (bicyclic) bond motifs is 6. The zero-order chi connectivity index (χ0) is 45.0. The fourth-order valence-electron chi connectivity index (χ4n) is 9.94. The van der Waals surface area contributed by atoms with Gasteiger partial charge in [-0.15, -0.1) is 0 Å². The summed E-state index contributed by atoms with van der Waals surface area (Å²) in [5, 5.41) is 4.75. The van der Waals surface area contributed by atoms with Crippen molar-refractivity contribution in [2.24, 2.45) is 0 Å². The summed E-state index contributed by atoms with van der Waals surface area (Å²) in [5.74, 6) is 1.82. The molecule has 0 unspecified atom stereocenters. The van der Waals surface area contributed by atoms with Crippen LogP contribution in [-0.4, -0.2) is 24.1 Å². The van der Waals surface area contributed by atoms with E-state index in [1.807, 2.05) is 24.3 Å². The molecule has 10 aromatic carbocycles. The molecule has 3 heterocycles. The molecule has 0 bridgehead atoms. The van der Waals surface area contributed by atoms with Gasteiger partial charge in [-0.3, -0.25) is 0 Å². The van der Waals surface area contributed by atoms with E-state index in [9.17, 15) is 0 Å². The molecule has 0 radical (unpaired) electrons. The molecule has 68 heavy (non-hydrogen) atoms. The molecule has 0 aliphatic rings. The molecule has 5 heteroatoms. The lowest BCUT2D eigenvalue weighted by Gasteiger charge is -2.16. The standard InChI is InChI=1S/C63H41N5/c1-5-18-42(19-6-1)46-26-17-27-49(38-46)62-64-61(45-24-11-4-12-25-45)65-63(66-62)55-29-14-16-31-57(55)68-59-40-48(44-22-9-3-10-23-44)33-36-53(59)54-37-34-50(41-60(54)68)67-56-30-15-13-28-51(56)52-35-32-47(39-58(52)67)43-20-7-2-8-21-43/h1-41H. The van der Waals surface area contributed by atoms with E-state index in [1.54, 1.807) is 0 Å².